The molecule has 0 aliphatic carbocycles. The number of aryl methyl sites for hydroxylation is 1. The Morgan fingerprint density at radius 2 is 1.75 bits per heavy atom. The van der Waals surface area contributed by atoms with Crippen LogP contribution in [0.5, 0.6) is 0 Å². The minimum Gasteiger partial charge on any atom is -0.242 e. The highest BCUT2D eigenvalue weighted by Crippen LogP contribution is 2.45. The lowest BCUT2D eigenvalue weighted by atomic mass is 10.0. The molecule has 6 nitrogen and oxygen atoms in total. The standard InChI is InChI=1S/C18H15F3N4O2S/c1-11-3-6-14(7-4-11)28(26,27)25-12(2)24-17(10-22-23-24)15-9-13(18(19,20)21)5-8-16(15)25/h3-10,12H,1-2H3. The maximum absolute atomic E-state index is 13.3. The molecule has 1 aliphatic rings. The molecule has 0 saturated heterocycles. The van der Waals surface area contributed by atoms with Crippen LogP contribution in [0.25, 0.3) is 11.3 Å². The average molecular weight is 408 g/mol. The maximum Gasteiger partial charge on any atom is 0.416 e. The van der Waals surface area contributed by atoms with Crippen LogP contribution < -0.4 is 4.31 Å². The Kier molecular flexibility index (Phi) is 4.00. The summed E-state index contributed by atoms with van der Waals surface area (Å²) in [7, 11) is -4.05. The van der Waals surface area contributed by atoms with Crippen LogP contribution in [0.1, 0.15) is 24.2 Å². The van der Waals surface area contributed by atoms with Gasteiger partial charge in [-0.15, -0.1) is 5.10 Å². The molecule has 0 bridgehead atoms. The summed E-state index contributed by atoms with van der Waals surface area (Å²) in [4.78, 5) is 0.0411. The third-order valence-corrected chi connectivity index (χ3v) is 6.57. The van der Waals surface area contributed by atoms with Gasteiger partial charge in [-0.25, -0.2) is 17.4 Å². The molecule has 1 aliphatic heterocycles. The highest BCUT2D eigenvalue weighted by molar-refractivity contribution is 7.92. The van der Waals surface area contributed by atoms with Crippen molar-refractivity contribution in [3.05, 3.63) is 59.8 Å². The zero-order chi connectivity index (χ0) is 20.3. The first-order chi connectivity index (χ1) is 13.1. The number of fused-ring (bicyclic) bond motifs is 3. The van der Waals surface area contributed by atoms with Crippen molar-refractivity contribution in [3.8, 4) is 11.3 Å². The number of sulfonamides is 1. The van der Waals surface area contributed by atoms with Crippen LogP contribution >= 0.6 is 0 Å². The Morgan fingerprint density at radius 1 is 1.07 bits per heavy atom. The number of rotatable bonds is 2. The van der Waals surface area contributed by atoms with Gasteiger partial charge < -0.3 is 0 Å². The molecule has 4 rings (SSSR count). The number of hydrogen-bond acceptors (Lipinski definition) is 4. The normalized spacial score (nSPS) is 16.6. The van der Waals surface area contributed by atoms with Crippen molar-refractivity contribution in [2.24, 2.45) is 0 Å². The molecule has 10 heteroatoms. The summed E-state index contributed by atoms with van der Waals surface area (Å²) in [5.74, 6) is 0. The number of hydrogen-bond donors (Lipinski definition) is 0. The third kappa shape index (κ3) is 2.75. The van der Waals surface area contributed by atoms with Crippen LogP contribution in [-0.2, 0) is 16.2 Å². The number of benzene rings is 2. The number of alkyl halides is 3. The lowest BCUT2D eigenvalue weighted by Gasteiger charge is -2.36. The Labute approximate surface area is 159 Å². The predicted molar refractivity (Wildman–Crippen MR) is 96.0 cm³/mol. The summed E-state index contributed by atoms with van der Waals surface area (Å²) in [6.07, 6.45) is -4.03. The van der Waals surface area contributed by atoms with E-state index >= 15 is 0 Å². The Hall–Kier alpha value is -2.88. The zero-order valence-electron chi connectivity index (χ0n) is 14.8. The van der Waals surface area contributed by atoms with Gasteiger partial charge in [0, 0.05) is 5.56 Å². The molecule has 1 aromatic heterocycles. The Morgan fingerprint density at radius 3 is 2.39 bits per heavy atom. The maximum atomic E-state index is 13.3. The summed E-state index contributed by atoms with van der Waals surface area (Å²) in [5.41, 5.74) is 0.592. The molecule has 0 spiro atoms. The second-order valence-corrected chi connectivity index (χ2v) is 8.35. The molecule has 146 valence electrons. The first kappa shape index (κ1) is 18.5. The van der Waals surface area contributed by atoms with Gasteiger partial charge in [0.25, 0.3) is 10.0 Å². The average Bonchev–Trinajstić information content (AvgIpc) is 3.11. The molecule has 3 aromatic rings. The van der Waals surface area contributed by atoms with Crippen LogP contribution in [-0.4, -0.2) is 23.4 Å². The summed E-state index contributed by atoms with van der Waals surface area (Å²) in [5, 5.41) is 7.64. The molecule has 0 fully saturated rings. The van der Waals surface area contributed by atoms with Crippen molar-refractivity contribution in [3.63, 3.8) is 0 Å². The van der Waals surface area contributed by atoms with Gasteiger partial charge in [-0.3, -0.25) is 0 Å². The molecular formula is C18H15F3N4O2S. The molecule has 1 atom stereocenters. The van der Waals surface area contributed by atoms with E-state index in [0.29, 0.717) is 5.69 Å². The van der Waals surface area contributed by atoms with Gasteiger partial charge in [0.05, 0.1) is 28.0 Å². The van der Waals surface area contributed by atoms with Gasteiger partial charge in [0.2, 0.25) is 0 Å². The lowest BCUT2D eigenvalue weighted by molar-refractivity contribution is -0.137. The van der Waals surface area contributed by atoms with E-state index in [-0.39, 0.29) is 16.1 Å². The fourth-order valence-electron chi connectivity index (χ4n) is 3.28. The van der Waals surface area contributed by atoms with Gasteiger partial charge in [0.15, 0.2) is 0 Å². The van der Waals surface area contributed by atoms with Crippen molar-refractivity contribution in [1.82, 2.24) is 15.0 Å². The van der Waals surface area contributed by atoms with Crippen LogP contribution in [0.4, 0.5) is 18.9 Å². The van der Waals surface area contributed by atoms with E-state index in [4.69, 9.17) is 0 Å². The van der Waals surface area contributed by atoms with E-state index in [1.807, 2.05) is 6.92 Å². The van der Waals surface area contributed by atoms with E-state index in [1.165, 1.54) is 29.1 Å². The van der Waals surface area contributed by atoms with Crippen LogP contribution in [0.3, 0.4) is 0 Å². The van der Waals surface area contributed by atoms with Crippen LogP contribution in [0, 0.1) is 6.92 Å². The number of nitrogens with zero attached hydrogens (tertiary/aromatic N) is 4. The first-order valence-corrected chi connectivity index (χ1v) is 9.77. The quantitative estimate of drug-likeness (QED) is 0.643. The van der Waals surface area contributed by atoms with Crippen LogP contribution in [0.15, 0.2) is 53.6 Å². The molecule has 2 heterocycles. The zero-order valence-corrected chi connectivity index (χ0v) is 15.7. The molecular weight excluding hydrogens is 393 g/mol. The van der Waals surface area contributed by atoms with E-state index in [2.05, 4.69) is 10.3 Å². The smallest absolute Gasteiger partial charge is 0.242 e. The topological polar surface area (TPSA) is 68.1 Å². The largest absolute Gasteiger partial charge is 0.416 e. The van der Waals surface area contributed by atoms with Gasteiger partial charge >= 0.3 is 6.18 Å². The number of halogens is 3. The van der Waals surface area contributed by atoms with E-state index in [0.717, 1.165) is 22.0 Å². The molecule has 28 heavy (non-hydrogen) atoms. The second kappa shape index (κ2) is 6.06. The van der Waals surface area contributed by atoms with Crippen molar-refractivity contribution < 1.29 is 21.6 Å². The SMILES string of the molecule is Cc1ccc(S(=O)(=O)N2c3ccc(C(F)(F)F)cc3-c3cnnn3C2C)cc1. The summed E-state index contributed by atoms with van der Waals surface area (Å²) in [6, 6.07) is 9.25. The van der Waals surface area contributed by atoms with Gasteiger partial charge in [-0.1, -0.05) is 22.9 Å². The fraction of sp³-hybridized carbons (Fsp3) is 0.222. The summed E-state index contributed by atoms with van der Waals surface area (Å²) in [6.45, 7) is 3.43. The second-order valence-electron chi connectivity index (χ2n) is 6.54. The van der Waals surface area contributed by atoms with Crippen molar-refractivity contribution in [2.45, 2.75) is 31.1 Å². The molecule has 0 N–H and O–H groups in total. The number of anilines is 1. The van der Waals surface area contributed by atoms with Crippen molar-refractivity contribution in [1.29, 1.82) is 0 Å². The first-order valence-electron chi connectivity index (χ1n) is 8.33. The Balaban J connectivity index is 1.94. The Bertz CT molecular complexity index is 1150. The van der Waals surface area contributed by atoms with E-state index < -0.39 is 27.9 Å². The van der Waals surface area contributed by atoms with Gasteiger partial charge in [0.1, 0.15) is 6.17 Å². The van der Waals surface area contributed by atoms with E-state index in [1.54, 1.807) is 19.1 Å². The molecule has 0 saturated carbocycles. The van der Waals surface area contributed by atoms with E-state index in [9.17, 15) is 21.6 Å². The number of aromatic nitrogens is 3. The lowest BCUT2D eigenvalue weighted by Crippen LogP contribution is -2.40. The monoisotopic (exact) mass is 408 g/mol. The van der Waals surface area contributed by atoms with Crippen molar-refractivity contribution in [2.75, 3.05) is 4.31 Å². The predicted octanol–water partition coefficient (Wildman–Crippen LogP) is 4.00. The molecule has 2 aromatic carbocycles. The minimum atomic E-state index is -4.56. The minimum absolute atomic E-state index is 0.0411. The highest BCUT2D eigenvalue weighted by atomic mass is 32.2. The molecule has 1 unspecified atom stereocenters. The summed E-state index contributed by atoms with van der Waals surface area (Å²) >= 11 is 0. The molecule has 0 radical (unpaired) electrons. The van der Waals surface area contributed by atoms with Crippen molar-refractivity contribution >= 4 is 15.7 Å². The highest BCUT2D eigenvalue weighted by Gasteiger charge is 2.39. The van der Waals surface area contributed by atoms with Crippen LogP contribution in [0.2, 0.25) is 0 Å². The molecule has 0 amide bonds. The third-order valence-electron chi connectivity index (χ3n) is 4.68. The van der Waals surface area contributed by atoms with Gasteiger partial charge in [-0.2, -0.15) is 13.2 Å². The summed E-state index contributed by atoms with van der Waals surface area (Å²) < 4.78 is 68.6. The fourth-order valence-corrected chi connectivity index (χ4v) is 4.89. The van der Waals surface area contributed by atoms with Gasteiger partial charge in [-0.05, 0) is 44.2 Å².